The second-order valence-corrected chi connectivity index (χ2v) is 11.2. The molecule has 2 saturated heterocycles. The van der Waals surface area contributed by atoms with E-state index in [0.29, 0.717) is 30.9 Å². The predicted octanol–water partition coefficient (Wildman–Crippen LogP) is 3.45. The topological polar surface area (TPSA) is 106 Å². The number of hydrogen-bond acceptors (Lipinski definition) is 6. The van der Waals surface area contributed by atoms with E-state index in [2.05, 4.69) is 16.0 Å². The maximum absolute atomic E-state index is 14.0. The molecule has 1 atom stereocenters. The third-order valence-corrected chi connectivity index (χ3v) is 8.40. The zero-order chi connectivity index (χ0) is 29.9. The standard InChI is InChI=1S/C33H33N7O3/c1-36-13-15-37(16-14-36)31(41)17-30-32(42)40(22-28-19-35-23-38(28)20-25-11-9-24(18-34)10-12-25)33(43)39(30)21-27-7-4-6-26-5-2-3-8-29(26)27/h2-12,19,23,30H,13-17,20-22H2,1H3. The number of nitrogens with zero attached hydrogens (tertiary/aromatic N) is 7. The van der Waals surface area contributed by atoms with Gasteiger partial charge in [0.05, 0.1) is 36.6 Å². The summed E-state index contributed by atoms with van der Waals surface area (Å²) < 4.78 is 1.89. The third-order valence-electron chi connectivity index (χ3n) is 8.40. The number of rotatable bonds is 8. The van der Waals surface area contributed by atoms with Crippen molar-refractivity contribution in [2.45, 2.75) is 32.1 Å². The van der Waals surface area contributed by atoms with Crippen LogP contribution in [-0.2, 0) is 29.2 Å². The van der Waals surface area contributed by atoms with Crippen molar-refractivity contribution in [1.82, 2.24) is 29.2 Å². The van der Waals surface area contributed by atoms with E-state index in [1.54, 1.807) is 34.5 Å². The minimum absolute atomic E-state index is 0.0409. The van der Waals surface area contributed by atoms with Gasteiger partial charge in [0, 0.05) is 45.5 Å². The summed E-state index contributed by atoms with van der Waals surface area (Å²) >= 11 is 0. The fraction of sp³-hybridized carbons (Fsp3) is 0.303. The second kappa shape index (κ2) is 12.1. The van der Waals surface area contributed by atoms with E-state index in [-0.39, 0.29) is 31.3 Å². The highest BCUT2D eigenvalue weighted by Crippen LogP contribution is 2.28. The first-order valence-corrected chi connectivity index (χ1v) is 14.4. The minimum atomic E-state index is -0.895. The molecule has 3 aromatic carbocycles. The molecule has 2 aliphatic heterocycles. The summed E-state index contributed by atoms with van der Waals surface area (Å²) in [5.74, 6) is -0.492. The van der Waals surface area contributed by atoms with Gasteiger partial charge in [0.1, 0.15) is 6.04 Å². The van der Waals surface area contributed by atoms with E-state index < -0.39 is 12.1 Å². The molecule has 0 radical (unpaired) electrons. The Kier molecular flexibility index (Phi) is 7.90. The Labute approximate surface area is 250 Å². The first-order valence-electron chi connectivity index (χ1n) is 14.4. The Morgan fingerprint density at radius 3 is 2.44 bits per heavy atom. The van der Waals surface area contributed by atoms with Gasteiger partial charge < -0.3 is 19.3 Å². The molecular formula is C33H33N7O3. The van der Waals surface area contributed by atoms with Crippen LogP contribution in [0.5, 0.6) is 0 Å². The molecule has 1 unspecified atom stereocenters. The number of carbonyl (C=O) groups excluding carboxylic acids is 3. The summed E-state index contributed by atoms with van der Waals surface area (Å²) in [6.45, 7) is 3.49. The Balaban J connectivity index is 1.26. The Morgan fingerprint density at radius 1 is 0.930 bits per heavy atom. The third kappa shape index (κ3) is 5.85. The quantitative estimate of drug-likeness (QED) is 0.298. The minimum Gasteiger partial charge on any atom is -0.340 e. The van der Waals surface area contributed by atoms with Crippen molar-refractivity contribution in [3.05, 3.63) is 102 Å². The number of nitriles is 1. The van der Waals surface area contributed by atoms with E-state index in [1.807, 2.05) is 66.2 Å². The molecule has 1 aromatic heterocycles. The van der Waals surface area contributed by atoms with E-state index in [9.17, 15) is 14.4 Å². The summed E-state index contributed by atoms with van der Waals surface area (Å²) in [6, 6.07) is 22.0. The van der Waals surface area contributed by atoms with Crippen LogP contribution in [0.1, 0.15) is 28.8 Å². The van der Waals surface area contributed by atoms with Gasteiger partial charge in [0.15, 0.2) is 0 Å². The molecule has 2 aliphatic rings. The van der Waals surface area contributed by atoms with Crippen molar-refractivity contribution in [2.75, 3.05) is 33.2 Å². The molecular weight excluding hydrogens is 542 g/mol. The zero-order valence-corrected chi connectivity index (χ0v) is 24.1. The average Bonchev–Trinajstić information content (AvgIpc) is 3.55. The molecule has 6 rings (SSSR count). The number of fused-ring (bicyclic) bond motifs is 1. The highest BCUT2D eigenvalue weighted by Gasteiger charge is 2.46. The largest absolute Gasteiger partial charge is 0.340 e. The molecule has 10 heteroatoms. The van der Waals surface area contributed by atoms with Crippen molar-refractivity contribution >= 4 is 28.6 Å². The van der Waals surface area contributed by atoms with Crippen LogP contribution in [0.3, 0.4) is 0 Å². The fourth-order valence-corrected chi connectivity index (χ4v) is 5.85. The summed E-state index contributed by atoms with van der Waals surface area (Å²) in [7, 11) is 2.02. The number of likely N-dealkylation sites (N-methyl/N-ethyl adjacent to an activating group) is 1. The van der Waals surface area contributed by atoms with Crippen LogP contribution in [0, 0.1) is 11.3 Å². The molecule has 4 amide bonds. The number of urea groups is 1. The van der Waals surface area contributed by atoms with Gasteiger partial charge in [-0.05, 0) is 41.1 Å². The molecule has 10 nitrogen and oxygen atoms in total. The van der Waals surface area contributed by atoms with E-state index in [4.69, 9.17) is 5.26 Å². The number of amides is 4. The smallest absolute Gasteiger partial charge is 0.328 e. The van der Waals surface area contributed by atoms with Crippen LogP contribution in [0.4, 0.5) is 4.79 Å². The Morgan fingerprint density at radius 2 is 1.67 bits per heavy atom. The zero-order valence-electron chi connectivity index (χ0n) is 24.1. The molecule has 0 saturated carbocycles. The molecule has 3 heterocycles. The van der Waals surface area contributed by atoms with Crippen molar-refractivity contribution in [3.63, 3.8) is 0 Å². The van der Waals surface area contributed by atoms with Gasteiger partial charge >= 0.3 is 6.03 Å². The summed E-state index contributed by atoms with van der Waals surface area (Å²) in [6.07, 6.45) is 3.27. The van der Waals surface area contributed by atoms with Crippen LogP contribution in [0.15, 0.2) is 79.3 Å². The monoisotopic (exact) mass is 575 g/mol. The lowest BCUT2D eigenvalue weighted by molar-refractivity contribution is -0.138. The van der Waals surface area contributed by atoms with Crippen molar-refractivity contribution < 1.29 is 14.4 Å². The summed E-state index contributed by atoms with van der Waals surface area (Å²) in [4.78, 5) is 52.4. The maximum Gasteiger partial charge on any atom is 0.328 e. The van der Waals surface area contributed by atoms with Crippen molar-refractivity contribution in [3.8, 4) is 6.07 Å². The van der Waals surface area contributed by atoms with Gasteiger partial charge in [-0.25, -0.2) is 9.78 Å². The number of aromatic nitrogens is 2. The predicted molar refractivity (Wildman–Crippen MR) is 160 cm³/mol. The van der Waals surface area contributed by atoms with Crippen molar-refractivity contribution in [1.29, 1.82) is 5.26 Å². The van der Waals surface area contributed by atoms with Gasteiger partial charge in [0.25, 0.3) is 5.91 Å². The lowest BCUT2D eigenvalue weighted by Gasteiger charge is -2.33. The van der Waals surface area contributed by atoms with Crippen LogP contribution >= 0.6 is 0 Å². The highest BCUT2D eigenvalue weighted by atomic mass is 16.2. The van der Waals surface area contributed by atoms with E-state index >= 15 is 0 Å². The Hall–Kier alpha value is -5.01. The van der Waals surface area contributed by atoms with E-state index in [1.165, 1.54) is 4.90 Å². The van der Waals surface area contributed by atoms with Crippen LogP contribution in [0.25, 0.3) is 10.8 Å². The van der Waals surface area contributed by atoms with Gasteiger partial charge in [-0.2, -0.15) is 5.26 Å². The number of hydrogen-bond donors (Lipinski definition) is 0. The molecule has 4 aromatic rings. The van der Waals surface area contributed by atoms with Crippen molar-refractivity contribution in [2.24, 2.45) is 0 Å². The number of piperazine rings is 1. The number of carbonyl (C=O) groups is 3. The fourth-order valence-electron chi connectivity index (χ4n) is 5.85. The summed E-state index contributed by atoms with van der Waals surface area (Å²) in [5.41, 5.74) is 3.16. The maximum atomic E-state index is 14.0. The first kappa shape index (κ1) is 28.1. The molecule has 0 N–H and O–H groups in total. The SMILES string of the molecule is CN1CCN(C(=O)CC2C(=O)N(Cc3cncn3Cc3ccc(C#N)cc3)C(=O)N2Cc2cccc3ccccc23)CC1. The normalized spacial score (nSPS) is 17.6. The summed E-state index contributed by atoms with van der Waals surface area (Å²) in [5, 5.41) is 11.2. The second-order valence-electron chi connectivity index (χ2n) is 11.2. The van der Waals surface area contributed by atoms with Crippen LogP contribution < -0.4 is 0 Å². The number of imidazole rings is 1. The lowest BCUT2D eigenvalue weighted by Crippen LogP contribution is -2.49. The van der Waals surface area contributed by atoms with Crippen LogP contribution in [0.2, 0.25) is 0 Å². The number of imide groups is 1. The molecule has 0 bridgehead atoms. The molecule has 0 aliphatic carbocycles. The number of benzene rings is 3. The van der Waals surface area contributed by atoms with Gasteiger partial charge in [-0.15, -0.1) is 0 Å². The van der Waals surface area contributed by atoms with Gasteiger partial charge in [-0.3, -0.25) is 14.5 Å². The lowest BCUT2D eigenvalue weighted by atomic mass is 10.0. The molecule has 218 valence electrons. The van der Waals surface area contributed by atoms with Crippen LogP contribution in [-0.4, -0.2) is 86.3 Å². The van der Waals surface area contributed by atoms with E-state index in [0.717, 1.165) is 35.0 Å². The Bertz CT molecular complexity index is 1690. The molecule has 43 heavy (non-hydrogen) atoms. The molecule has 2 fully saturated rings. The molecule has 0 spiro atoms. The first-order chi connectivity index (χ1) is 20.9. The highest BCUT2D eigenvalue weighted by molar-refractivity contribution is 6.06. The van der Waals surface area contributed by atoms with Gasteiger partial charge in [0.2, 0.25) is 5.91 Å². The average molecular weight is 576 g/mol. The van der Waals surface area contributed by atoms with Gasteiger partial charge in [-0.1, -0.05) is 54.6 Å².